The summed E-state index contributed by atoms with van der Waals surface area (Å²) in [6, 6.07) is 1.45. The SMILES string of the molecule is CCOC1C(n2ccc(N)nc2=O)OC(CO)[C@H]1O. The van der Waals surface area contributed by atoms with Gasteiger partial charge in [0.15, 0.2) is 6.23 Å². The van der Waals surface area contributed by atoms with Gasteiger partial charge in [0.1, 0.15) is 24.1 Å². The Bertz CT molecular complexity index is 491. The highest BCUT2D eigenvalue weighted by molar-refractivity contribution is 5.23. The molecule has 2 rings (SSSR count). The summed E-state index contributed by atoms with van der Waals surface area (Å²) in [5, 5.41) is 19.1. The van der Waals surface area contributed by atoms with Gasteiger partial charge in [-0.3, -0.25) is 4.57 Å². The maximum atomic E-state index is 11.8. The first-order valence-electron chi connectivity index (χ1n) is 5.99. The van der Waals surface area contributed by atoms with Gasteiger partial charge in [0, 0.05) is 12.8 Å². The lowest BCUT2D eigenvalue weighted by Crippen LogP contribution is -2.38. The van der Waals surface area contributed by atoms with Gasteiger partial charge in [-0.2, -0.15) is 4.98 Å². The van der Waals surface area contributed by atoms with Crippen LogP contribution in [0.5, 0.6) is 0 Å². The lowest BCUT2D eigenvalue weighted by atomic mass is 10.1. The van der Waals surface area contributed by atoms with Crippen molar-refractivity contribution in [3.05, 3.63) is 22.7 Å². The molecule has 8 nitrogen and oxygen atoms in total. The number of anilines is 1. The fourth-order valence-electron chi connectivity index (χ4n) is 2.09. The molecule has 106 valence electrons. The van der Waals surface area contributed by atoms with Crippen LogP contribution in [-0.2, 0) is 9.47 Å². The molecule has 2 heterocycles. The first kappa shape index (κ1) is 13.9. The second kappa shape index (κ2) is 5.66. The molecule has 3 unspecified atom stereocenters. The molecule has 1 aliphatic rings. The third-order valence-electron chi connectivity index (χ3n) is 2.98. The average Bonchev–Trinajstić information content (AvgIpc) is 2.68. The number of aliphatic hydroxyl groups is 2. The predicted octanol–water partition coefficient (Wildman–Crippen LogP) is -1.52. The highest BCUT2D eigenvalue weighted by Crippen LogP contribution is 2.30. The van der Waals surface area contributed by atoms with Gasteiger partial charge in [-0.1, -0.05) is 0 Å². The van der Waals surface area contributed by atoms with Crippen LogP contribution in [0.4, 0.5) is 5.82 Å². The van der Waals surface area contributed by atoms with E-state index in [1.54, 1.807) is 6.92 Å². The van der Waals surface area contributed by atoms with E-state index in [1.807, 2.05) is 0 Å². The summed E-state index contributed by atoms with van der Waals surface area (Å²) >= 11 is 0. The molecule has 8 heteroatoms. The van der Waals surface area contributed by atoms with E-state index in [0.29, 0.717) is 6.61 Å². The minimum absolute atomic E-state index is 0.103. The van der Waals surface area contributed by atoms with Crippen LogP contribution in [0.3, 0.4) is 0 Å². The molecular formula is C11H17N3O5. The van der Waals surface area contributed by atoms with Crippen LogP contribution in [0.25, 0.3) is 0 Å². The molecule has 1 aliphatic heterocycles. The molecule has 1 aromatic rings. The van der Waals surface area contributed by atoms with Crippen LogP contribution in [-0.4, -0.2) is 51.3 Å². The standard InChI is InChI=1S/C11H17N3O5/c1-2-18-9-8(16)6(5-15)19-10(9)14-4-3-7(12)13-11(14)17/h3-4,6,8-10,15-16H,2,5H2,1H3,(H2,12,13,17)/t6?,8-,9?,10?/m1/s1. The Morgan fingerprint density at radius 3 is 2.95 bits per heavy atom. The molecular weight excluding hydrogens is 254 g/mol. The van der Waals surface area contributed by atoms with Gasteiger partial charge in [-0.15, -0.1) is 0 Å². The van der Waals surface area contributed by atoms with E-state index >= 15 is 0 Å². The van der Waals surface area contributed by atoms with E-state index in [1.165, 1.54) is 16.8 Å². The van der Waals surface area contributed by atoms with Gasteiger partial charge < -0.3 is 25.4 Å². The first-order valence-corrected chi connectivity index (χ1v) is 5.99. The number of rotatable bonds is 4. The van der Waals surface area contributed by atoms with Crippen molar-refractivity contribution < 1.29 is 19.7 Å². The molecule has 0 aromatic carbocycles. The Morgan fingerprint density at radius 2 is 2.37 bits per heavy atom. The Labute approximate surface area is 109 Å². The van der Waals surface area contributed by atoms with Gasteiger partial charge in [0.05, 0.1) is 6.61 Å². The van der Waals surface area contributed by atoms with Gasteiger partial charge >= 0.3 is 5.69 Å². The molecule has 1 fully saturated rings. The first-order chi connectivity index (χ1) is 9.08. The minimum Gasteiger partial charge on any atom is -0.394 e. The fourth-order valence-corrected chi connectivity index (χ4v) is 2.09. The molecule has 4 N–H and O–H groups in total. The quantitative estimate of drug-likeness (QED) is 0.608. The molecule has 0 spiro atoms. The molecule has 0 amide bonds. The number of aliphatic hydroxyl groups excluding tert-OH is 2. The summed E-state index contributed by atoms with van der Waals surface area (Å²) in [4.78, 5) is 15.4. The van der Waals surface area contributed by atoms with Crippen molar-refractivity contribution in [3.63, 3.8) is 0 Å². The van der Waals surface area contributed by atoms with E-state index in [-0.39, 0.29) is 12.4 Å². The third kappa shape index (κ3) is 2.61. The Hall–Kier alpha value is -1.48. The van der Waals surface area contributed by atoms with Crippen LogP contribution in [0.15, 0.2) is 17.1 Å². The molecule has 0 aliphatic carbocycles. The van der Waals surface area contributed by atoms with E-state index in [9.17, 15) is 9.90 Å². The summed E-state index contributed by atoms with van der Waals surface area (Å²) in [5.41, 5.74) is 4.82. The number of hydrogen-bond acceptors (Lipinski definition) is 7. The smallest absolute Gasteiger partial charge is 0.351 e. The van der Waals surface area contributed by atoms with Crippen LogP contribution in [0.2, 0.25) is 0 Å². The summed E-state index contributed by atoms with van der Waals surface area (Å²) in [6.07, 6.45) is -1.98. The molecule has 19 heavy (non-hydrogen) atoms. The summed E-state index contributed by atoms with van der Waals surface area (Å²) in [6.45, 7) is 1.75. The minimum atomic E-state index is -1.01. The van der Waals surface area contributed by atoms with Crippen molar-refractivity contribution in [3.8, 4) is 0 Å². The second-order valence-corrected chi connectivity index (χ2v) is 4.20. The molecule has 1 saturated heterocycles. The van der Waals surface area contributed by atoms with Gasteiger partial charge in [0.25, 0.3) is 0 Å². The Balaban J connectivity index is 2.33. The number of nitrogens with two attached hydrogens (primary N) is 1. The largest absolute Gasteiger partial charge is 0.394 e. The Morgan fingerprint density at radius 1 is 1.63 bits per heavy atom. The average molecular weight is 271 g/mol. The monoisotopic (exact) mass is 271 g/mol. The van der Waals surface area contributed by atoms with Gasteiger partial charge in [-0.05, 0) is 13.0 Å². The van der Waals surface area contributed by atoms with Crippen molar-refractivity contribution in [2.75, 3.05) is 18.9 Å². The maximum Gasteiger partial charge on any atom is 0.351 e. The predicted molar refractivity (Wildman–Crippen MR) is 65.3 cm³/mol. The van der Waals surface area contributed by atoms with E-state index < -0.39 is 30.2 Å². The summed E-state index contributed by atoms with van der Waals surface area (Å²) < 4.78 is 12.0. The summed E-state index contributed by atoms with van der Waals surface area (Å²) in [7, 11) is 0. The van der Waals surface area contributed by atoms with Crippen LogP contribution in [0, 0.1) is 0 Å². The number of aromatic nitrogens is 2. The molecule has 0 radical (unpaired) electrons. The highest BCUT2D eigenvalue weighted by atomic mass is 16.6. The molecule has 1 aromatic heterocycles. The van der Waals surface area contributed by atoms with Gasteiger partial charge in [-0.25, -0.2) is 4.79 Å². The zero-order valence-corrected chi connectivity index (χ0v) is 10.5. The van der Waals surface area contributed by atoms with Crippen LogP contribution >= 0.6 is 0 Å². The summed E-state index contributed by atoms with van der Waals surface area (Å²) in [5.74, 6) is 0.103. The zero-order valence-electron chi connectivity index (χ0n) is 10.5. The Kier molecular flexibility index (Phi) is 4.15. The fraction of sp³-hybridized carbons (Fsp3) is 0.636. The molecule has 0 saturated carbocycles. The second-order valence-electron chi connectivity index (χ2n) is 4.20. The van der Waals surface area contributed by atoms with Crippen LogP contribution < -0.4 is 11.4 Å². The maximum absolute atomic E-state index is 11.8. The molecule has 4 atom stereocenters. The van der Waals surface area contributed by atoms with Crippen molar-refractivity contribution in [1.82, 2.24) is 9.55 Å². The van der Waals surface area contributed by atoms with Crippen molar-refractivity contribution >= 4 is 5.82 Å². The third-order valence-corrected chi connectivity index (χ3v) is 2.98. The van der Waals surface area contributed by atoms with Crippen LogP contribution in [0.1, 0.15) is 13.2 Å². The van der Waals surface area contributed by atoms with Gasteiger partial charge in [0.2, 0.25) is 0 Å². The van der Waals surface area contributed by atoms with Crippen molar-refractivity contribution in [2.24, 2.45) is 0 Å². The number of hydrogen-bond donors (Lipinski definition) is 3. The van der Waals surface area contributed by atoms with E-state index in [0.717, 1.165) is 0 Å². The lowest BCUT2D eigenvalue weighted by molar-refractivity contribution is -0.0716. The molecule has 0 bridgehead atoms. The zero-order chi connectivity index (χ0) is 14.0. The van der Waals surface area contributed by atoms with Crippen molar-refractivity contribution in [2.45, 2.75) is 31.5 Å². The number of ether oxygens (including phenoxy) is 2. The lowest BCUT2D eigenvalue weighted by Gasteiger charge is -2.21. The van der Waals surface area contributed by atoms with E-state index in [2.05, 4.69) is 4.98 Å². The van der Waals surface area contributed by atoms with Crippen molar-refractivity contribution in [1.29, 1.82) is 0 Å². The normalized spacial score (nSPS) is 30.7. The number of nitrogens with zero attached hydrogens (tertiary/aromatic N) is 2. The highest BCUT2D eigenvalue weighted by Gasteiger charge is 2.45. The van der Waals surface area contributed by atoms with E-state index in [4.69, 9.17) is 20.3 Å². The topological polar surface area (TPSA) is 120 Å². The number of nitrogen functional groups attached to an aromatic ring is 1.